The van der Waals surface area contributed by atoms with Crippen molar-refractivity contribution in [1.29, 1.82) is 0 Å². The number of amides is 1. The summed E-state index contributed by atoms with van der Waals surface area (Å²) in [5.74, 6) is 1.11. The van der Waals surface area contributed by atoms with E-state index in [0.29, 0.717) is 17.4 Å². The molecule has 8 nitrogen and oxygen atoms in total. The average molecular weight is 353 g/mol. The molecule has 0 radical (unpaired) electrons. The van der Waals surface area contributed by atoms with Crippen LogP contribution in [0.3, 0.4) is 0 Å². The van der Waals surface area contributed by atoms with E-state index in [4.69, 9.17) is 4.42 Å². The van der Waals surface area contributed by atoms with Gasteiger partial charge in [0.25, 0.3) is 0 Å². The molecule has 0 unspecified atom stereocenters. The van der Waals surface area contributed by atoms with Gasteiger partial charge in [-0.05, 0) is 44.0 Å². The number of aromatic nitrogens is 4. The molecule has 8 heteroatoms. The molecule has 134 valence electrons. The van der Waals surface area contributed by atoms with Crippen molar-refractivity contribution in [3.05, 3.63) is 52.8 Å². The van der Waals surface area contributed by atoms with Crippen LogP contribution >= 0.6 is 0 Å². The minimum Gasteiger partial charge on any atom is -0.461 e. The van der Waals surface area contributed by atoms with Gasteiger partial charge in [0.05, 0.1) is 6.26 Å². The van der Waals surface area contributed by atoms with Crippen LogP contribution in [0.5, 0.6) is 0 Å². The lowest BCUT2D eigenvalue weighted by Crippen LogP contribution is -2.35. The zero-order valence-corrected chi connectivity index (χ0v) is 14.5. The Labute approximate surface area is 149 Å². The van der Waals surface area contributed by atoms with Crippen molar-refractivity contribution in [2.45, 2.75) is 26.3 Å². The quantitative estimate of drug-likeness (QED) is 0.711. The number of hydrogen-bond donors (Lipinski definition) is 0. The van der Waals surface area contributed by atoms with Gasteiger partial charge >= 0.3 is 5.69 Å². The number of pyridine rings is 1. The highest BCUT2D eigenvalue weighted by molar-refractivity contribution is 5.76. The molecule has 4 rings (SSSR count). The number of nitrogens with zero attached hydrogens (tertiary/aromatic N) is 5. The van der Waals surface area contributed by atoms with Crippen LogP contribution in [0, 0.1) is 6.92 Å². The second kappa shape index (κ2) is 6.62. The largest absolute Gasteiger partial charge is 0.461 e. The number of likely N-dealkylation sites (tertiary alicyclic amines) is 1. The number of carbonyl (C=O) groups is 1. The second-order valence-electron chi connectivity index (χ2n) is 6.30. The molecule has 0 aliphatic carbocycles. The van der Waals surface area contributed by atoms with Crippen molar-refractivity contribution in [1.82, 2.24) is 24.2 Å². The Kier molecular flexibility index (Phi) is 4.16. The number of hydrogen-bond acceptors (Lipinski definition) is 5. The predicted octanol–water partition coefficient (Wildman–Crippen LogP) is 1.62. The van der Waals surface area contributed by atoms with Crippen LogP contribution in [0.25, 0.3) is 17.4 Å². The maximum Gasteiger partial charge on any atom is 0.352 e. The molecular formula is C18H19N5O3. The Morgan fingerprint density at radius 1 is 1.19 bits per heavy atom. The molecule has 3 aromatic heterocycles. The summed E-state index contributed by atoms with van der Waals surface area (Å²) >= 11 is 0. The van der Waals surface area contributed by atoms with Crippen molar-refractivity contribution in [2.75, 3.05) is 13.1 Å². The van der Waals surface area contributed by atoms with Crippen LogP contribution in [-0.2, 0) is 11.3 Å². The third-order valence-corrected chi connectivity index (χ3v) is 4.43. The van der Waals surface area contributed by atoms with Gasteiger partial charge in [-0.1, -0.05) is 6.07 Å². The van der Waals surface area contributed by atoms with Gasteiger partial charge in [-0.15, -0.1) is 5.10 Å². The normalized spacial score (nSPS) is 14.1. The zero-order chi connectivity index (χ0) is 18.1. The van der Waals surface area contributed by atoms with Crippen molar-refractivity contribution >= 4 is 5.91 Å². The van der Waals surface area contributed by atoms with Crippen LogP contribution in [0.15, 0.2) is 45.8 Å². The minimum absolute atomic E-state index is 0.0919. The summed E-state index contributed by atoms with van der Waals surface area (Å²) in [6, 6.07) is 8.85. The fourth-order valence-corrected chi connectivity index (χ4v) is 3.13. The lowest BCUT2D eigenvalue weighted by molar-refractivity contribution is -0.131. The molecule has 1 aliphatic heterocycles. The second-order valence-corrected chi connectivity index (χ2v) is 6.30. The average Bonchev–Trinajstić information content (AvgIpc) is 3.37. The van der Waals surface area contributed by atoms with Crippen molar-refractivity contribution in [3.8, 4) is 17.4 Å². The molecular weight excluding hydrogens is 334 g/mol. The van der Waals surface area contributed by atoms with Crippen LogP contribution < -0.4 is 5.69 Å². The molecule has 0 saturated carbocycles. The van der Waals surface area contributed by atoms with Gasteiger partial charge in [-0.3, -0.25) is 4.79 Å². The first kappa shape index (κ1) is 16.3. The molecule has 1 aliphatic rings. The van der Waals surface area contributed by atoms with Gasteiger partial charge in [0.2, 0.25) is 11.7 Å². The van der Waals surface area contributed by atoms with Gasteiger partial charge in [-0.2, -0.15) is 0 Å². The van der Waals surface area contributed by atoms with E-state index in [0.717, 1.165) is 31.6 Å². The molecule has 1 amide bonds. The van der Waals surface area contributed by atoms with E-state index >= 15 is 0 Å². The molecule has 0 bridgehead atoms. The van der Waals surface area contributed by atoms with Crippen LogP contribution in [0.2, 0.25) is 0 Å². The molecule has 0 N–H and O–H groups in total. The van der Waals surface area contributed by atoms with Crippen LogP contribution in [0.4, 0.5) is 0 Å². The van der Waals surface area contributed by atoms with E-state index in [-0.39, 0.29) is 12.5 Å². The minimum atomic E-state index is -0.415. The predicted molar refractivity (Wildman–Crippen MR) is 93.9 cm³/mol. The Morgan fingerprint density at radius 2 is 2.00 bits per heavy atom. The summed E-state index contributed by atoms with van der Waals surface area (Å²) in [4.78, 5) is 31.6. The topological polar surface area (TPSA) is 86.2 Å². The van der Waals surface area contributed by atoms with Gasteiger partial charge in [0, 0.05) is 18.8 Å². The summed E-state index contributed by atoms with van der Waals surface area (Å²) < 4.78 is 7.99. The molecule has 3 aromatic rings. The summed E-state index contributed by atoms with van der Waals surface area (Å²) in [6.45, 7) is 3.23. The molecule has 26 heavy (non-hydrogen) atoms. The van der Waals surface area contributed by atoms with E-state index in [2.05, 4.69) is 10.1 Å². The number of rotatable bonds is 4. The molecule has 1 saturated heterocycles. The Balaban J connectivity index is 1.78. The van der Waals surface area contributed by atoms with E-state index in [1.54, 1.807) is 23.1 Å². The summed E-state index contributed by atoms with van der Waals surface area (Å²) in [7, 11) is 0. The first-order valence-corrected chi connectivity index (χ1v) is 8.59. The Bertz CT molecular complexity index is 981. The third kappa shape index (κ3) is 2.94. The standard InChI is InChI=1S/C18H19N5O3/c1-13-6-4-8-15(19-13)23-17(14-7-5-11-26-14)20-22(18(23)25)12-16(24)21-9-2-3-10-21/h4-8,11H,2-3,9-10,12H2,1H3. The van der Waals surface area contributed by atoms with Crippen molar-refractivity contribution < 1.29 is 9.21 Å². The summed E-state index contributed by atoms with van der Waals surface area (Å²) in [5, 5.41) is 4.36. The number of aryl methyl sites for hydroxylation is 1. The highest BCUT2D eigenvalue weighted by atomic mass is 16.3. The van der Waals surface area contributed by atoms with Gasteiger partial charge < -0.3 is 9.32 Å². The highest BCUT2D eigenvalue weighted by Gasteiger charge is 2.23. The van der Waals surface area contributed by atoms with Gasteiger partial charge in [0.1, 0.15) is 12.4 Å². The summed E-state index contributed by atoms with van der Waals surface area (Å²) in [6.07, 6.45) is 3.52. The fourth-order valence-electron chi connectivity index (χ4n) is 3.13. The maximum absolute atomic E-state index is 13.0. The third-order valence-electron chi connectivity index (χ3n) is 4.43. The smallest absolute Gasteiger partial charge is 0.352 e. The van der Waals surface area contributed by atoms with Crippen LogP contribution in [-0.4, -0.2) is 43.2 Å². The van der Waals surface area contributed by atoms with E-state index in [1.165, 1.54) is 15.5 Å². The van der Waals surface area contributed by atoms with E-state index < -0.39 is 5.69 Å². The van der Waals surface area contributed by atoms with Crippen molar-refractivity contribution in [2.24, 2.45) is 0 Å². The first-order chi connectivity index (χ1) is 12.6. The number of carbonyl (C=O) groups excluding carboxylic acids is 1. The first-order valence-electron chi connectivity index (χ1n) is 8.59. The molecule has 4 heterocycles. The SMILES string of the molecule is Cc1cccc(-n2c(-c3ccco3)nn(CC(=O)N3CCCC3)c2=O)n1. The van der Waals surface area contributed by atoms with Gasteiger partial charge in [0.15, 0.2) is 5.76 Å². The zero-order valence-electron chi connectivity index (χ0n) is 14.5. The summed E-state index contributed by atoms with van der Waals surface area (Å²) in [5.41, 5.74) is 0.364. The number of furan rings is 1. The van der Waals surface area contributed by atoms with Crippen LogP contribution in [0.1, 0.15) is 18.5 Å². The lowest BCUT2D eigenvalue weighted by Gasteiger charge is -2.14. The Morgan fingerprint density at radius 3 is 2.69 bits per heavy atom. The molecule has 1 fully saturated rings. The van der Waals surface area contributed by atoms with Crippen molar-refractivity contribution in [3.63, 3.8) is 0 Å². The van der Waals surface area contributed by atoms with Gasteiger partial charge in [-0.25, -0.2) is 19.0 Å². The molecule has 0 atom stereocenters. The monoisotopic (exact) mass is 353 g/mol. The maximum atomic E-state index is 13.0. The van der Waals surface area contributed by atoms with E-state index in [9.17, 15) is 9.59 Å². The fraction of sp³-hybridized carbons (Fsp3) is 0.333. The highest BCUT2D eigenvalue weighted by Crippen LogP contribution is 2.19. The Hall–Kier alpha value is -3.16. The molecule has 0 aromatic carbocycles. The molecule has 0 spiro atoms. The lowest BCUT2D eigenvalue weighted by atomic mass is 10.3. The van der Waals surface area contributed by atoms with E-state index in [1.807, 2.05) is 19.1 Å².